The third-order valence-corrected chi connectivity index (χ3v) is 1.48. The van der Waals surface area contributed by atoms with Crippen molar-refractivity contribution in [3.05, 3.63) is 22.8 Å². The molecule has 0 N–H and O–H groups in total. The molecule has 0 atom stereocenters. The van der Waals surface area contributed by atoms with Gasteiger partial charge < -0.3 is 4.74 Å². The average Bonchev–Trinajstić information content (AvgIpc) is 2.15. The second-order valence-electron chi connectivity index (χ2n) is 2.10. The summed E-state index contributed by atoms with van der Waals surface area (Å²) >= 11 is 5.68. The number of carbonyl (C=O) groups excluding carboxylic acids is 1. The minimum absolute atomic E-state index is 0.360. The quantitative estimate of drug-likeness (QED) is 0.501. The summed E-state index contributed by atoms with van der Waals surface area (Å²) in [6, 6.07) is 1.59. The summed E-state index contributed by atoms with van der Waals surface area (Å²) in [6.07, 6.45) is 1.95. The van der Waals surface area contributed by atoms with Gasteiger partial charge >= 0.3 is 0 Å². The van der Waals surface area contributed by atoms with E-state index in [4.69, 9.17) is 16.3 Å². The predicted molar refractivity (Wildman–Crippen MR) is 48.7 cm³/mol. The molecule has 1 rings (SSSR count). The molecule has 0 spiro atoms. The van der Waals surface area contributed by atoms with E-state index in [-0.39, 0.29) is 0 Å². The molecule has 0 fully saturated rings. The minimum Gasteiger partial charge on any atom is -0.480 e. The van der Waals surface area contributed by atoms with E-state index >= 15 is 0 Å². The van der Waals surface area contributed by atoms with Crippen molar-refractivity contribution in [3.63, 3.8) is 0 Å². The normalized spacial score (nSPS) is 8.46. The molecular weight excluding hydrogens is 190 g/mol. The summed E-state index contributed by atoms with van der Waals surface area (Å²) in [5, 5.41) is 0.455. The number of aromatic nitrogens is 1. The molecule has 1 aromatic heterocycles. The largest absolute Gasteiger partial charge is 0.480 e. The number of hydrogen-bond donors (Lipinski definition) is 0. The SMILES string of the molecule is COc1ncc(Cl)cc1C#CC=O. The highest BCUT2D eigenvalue weighted by molar-refractivity contribution is 6.30. The second kappa shape index (κ2) is 4.48. The van der Waals surface area contributed by atoms with E-state index in [1.165, 1.54) is 13.3 Å². The Kier molecular flexibility index (Phi) is 3.30. The summed E-state index contributed by atoms with van der Waals surface area (Å²) < 4.78 is 4.91. The fourth-order valence-electron chi connectivity index (χ4n) is 0.786. The van der Waals surface area contributed by atoms with Crippen LogP contribution in [-0.4, -0.2) is 18.4 Å². The van der Waals surface area contributed by atoms with Gasteiger partial charge in [-0.2, -0.15) is 0 Å². The molecule has 0 amide bonds. The third-order valence-electron chi connectivity index (χ3n) is 1.28. The molecule has 66 valence electrons. The van der Waals surface area contributed by atoms with Crippen LogP contribution in [0, 0.1) is 11.8 Å². The molecule has 0 radical (unpaired) electrons. The first kappa shape index (κ1) is 9.56. The van der Waals surface area contributed by atoms with Crippen molar-refractivity contribution < 1.29 is 9.53 Å². The maximum absolute atomic E-state index is 9.99. The van der Waals surface area contributed by atoms with E-state index < -0.39 is 0 Å². The smallest absolute Gasteiger partial charge is 0.229 e. The van der Waals surface area contributed by atoms with Crippen LogP contribution in [-0.2, 0) is 4.79 Å². The van der Waals surface area contributed by atoms with Gasteiger partial charge in [-0.25, -0.2) is 4.98 Å². The Labute approximate surface area is 80.7 Å². The van der Waals surface area contributed by atoms with Crippen molar-refractivity contribution in [1.82, 2.24) is 4.98 Å². The first-order chi connectivity index (χ1) is 6.27. The lowest BCUT2D eigenvalue weighted by Crippen LogP contribution is -1.91. The lowest BCUT2D eigenvalue weighted by molar-refractivity contribution is -0.103. The maximum atomic E-state index is 9.99. The lowest BCUT2D eigenvalue weighted by atomic mass is 10.3. The second-order valence-corrected chi connectivity index (χ2v) is 2.53. The van der Waals surface area contributed by atoms with E-state index in [1.807, 2.05) is 0 Å². The fraction of sp³-hybridized carbons (Fsp3) is 0.111. The predicted octanol–water partition coefficient (Wildman–Crippen LogP) is 1.29. The van der Waals surface area contributed by atoms with E-state index in [1.54, 1.807) is 6.07 Å². The molecule has 4 heteroatoms. The number of halogens is 1. The van der Waals surface area contributed by atoms with Gasteiger partial charge in [-0.1, -0.05) is 17.5 Å². The number of carbonyl (C=O) groups is 1. The highest BCUT2D eigenvalue weighted by Crippen LogP contribution is 2.17. The van der Waals surface area contributed by atoms with Gasteiger partial charge in [0.25, 0.3) is 0 Å². The summed E-state index contributed by atoms with van der Waals surface area (Å²) in [4.78, 5) is 13.9. The van der Waals surface area contributed by atoms with Crippen molar-refractivity contribution >= 4 is 17.9 Å². The third kappa shape index (κ3) is 2.46. The maximum Gasteiger partial charge on any atom is 0.229 e. The topological polar surface area (TPSA) is 39.2 Å². The molecule has 0 saturated heterocycles. The van der Waals surface area contributed by atoms with Gasteiger partial charge in [0, 0.05) is 6.20 Å². The molecule has 13 heavy (non-hydrogen) atoms. The Morgan fingerprint density at radius 3 is 3.08 bits per heavy atom. The molecule has 0 unspecified atom stereocenters. The number of pyridine rings is 1. The van der Waals surface area contributed by atoms with Crippen molar-refractivity contribution in [2.45, 2.75) is 0 Å². The zero-order valence-corrected chi connectivity index (χ0v) is 7.63. The minimum atomic E-state index is 0.360. The van der Waals surface area contributed by atoms with Crippen molar-refractivity contribution in [1.29, 1.82) is 0 Å². The Balaban J connectivity index is 3.15. The van der Waals surface area contributed by atoms with Crippen molar-refractivity contribution in [2.75, 3.05) is 7.11 Å². The number of ether oxygens (including phenoxy) is 1. The standard InChI is InChI=1S/C9H6ClNO2/c1-13-9-7(3-2-4-12)5-8(10)6-11-9/h4-6H,1H3. The Hall–Kier alpha value is -1.53. The van der Waals surface area contributed by atoms with E-state index in [0.717, 1.165) is 0 Å². The Morgan fingerprint density at radius 2 is 2.46 bits per heavy atom. The number of nitrogens with zero attached hydrogens (tertiary/aromatic N) is 1. The fourth-order valence-corrected chi connectivity index (χ4v) is 0.944. The highest BCUT2D eigenvalue weighted by Gasteiger charge is 2.01. The first-order valence-electron chi connectivity index (χ1n) is 3.42. The van der Waals surface area contributed by atoms with Gasteiger partial charge in [0.1, 0.15) is 0 Å². The summed E-state index contributed by atoms with van der Waals surface area (Å²) in [7, 11) is 1.47. The molecule has 0 aliphatic rings. The van der Waals surface area contributed by atoms with Crippen LogP contribution in [0.3, 0.4) is 0 Å². The lowest BCUT2D eigenvalue weighted by Gasteiger charge is -2.00. The zero-order valence-electron chi connectivity index (χ0n) is 6.87. The molecule has 1 aromatic rings. The molecule has 0 aliphatic heterocycles. The van der Waals surface area contributed by atoms with Gasteiger partial charge in [0.2, 0.25) is 5.88 Å². The summed E-state index contributed by atoms with van der Waals surface area (Å²) in [6.45, 7) is 0. The summed E-state index contributed by atoms with van der Waals surface area (Å²) in [5.74, 6) is 5.18. The van der Waals surface area contributed by atoms with E-state index in [0.29, 0.717) is 22.8 Å². The van der Waals surface area contributed by atoms with Crippen LogP contribution in [0.4, 0.5) is 0 Å². The van der Waals surface area contributed by atoms with Gasteiger partial charge in [-0.05, 0) is 12.0 Å². The number of methoxy groups -OCH3 is 1. The number of rotatable bonds is 1. The van der Waals surface area contributed by atoms with Crippen LogP contribution < -0.4 is 4.74 Å². The average molecular weight is 196 g/mol. The highest BCUT2D eigenvalue weighted by atomic mass is 35.5. The molecule has 3 nitrogen and oxygen atoms in total. The molecule has 1 heterocycles. The van der Waals surface area contributed by atoms with Gasteiger partial charge in [-0.15, -0.1) is 0 Å². The number of aldehydes is 1. The molecule has 0 saturated carbocycles. The Morgan fingerprint density at radius 1 is 1.69 bits per heavy atom. The van der Waals surface area contributed by atoms with Crippen molar-refractivity contribution in [3.8, 4) is 17.7 Å². The Bertz CT molecular complexity index is 379. The van der Waals surface area contributed by atoms with Crippen LogP contribution in [0.15, 0.2) is 12.3 Å². The van der Waals surface area contributed by atoms with Gasteiger partial charge in [-0.3, -0.25) is 4.79 Å². The van der Waals surface area contributed by atoms with Gasteiger partial charge in [0.15, 0.2) is 6.29 Å². The van der Waals surface area contributed by atoms with E-state index in [2.05, 4.69) is 16.8 Å². The van der Waals surface area contributed by atoms with Crippen LogP contribution >= 0.6 is 11.6 Å². The zero-order chi connectivity index (χ0) is 9.68. The van der Waals surface area contributed by atoms with Gasteiger partial charge in [0.05, 0.1) is 17.7 Å². The molecule has 0 aliphatic carbocycles. The van der Waals surface area contributed by atoms with E-state index in [9.17, 15) is 4.79 Å². The summed E-state index contributed by atoms with van der Waals surface area (Å²) in [5.41, 5.74) is 0.502. The molecular formula is C9H6ClNO2. The first-order valence-corrected chi connectivity index (χ1v) is 3.80. The van der Waals surface area contributed by atoms with Crippen LogP contribution in [0.25, 0.3) is 0 Å². The van der Waals surface area contributed by atoms with Crippen molar-refractivity contribution in [2.24, 2.45) is 0 Å². The van der Waals surface area contributed by atoms with Crippen LogP contribution in [0.1, 0.15) is 5.56 Å². The number of hydrogen-bond acceptors (Lipinski definition) is 3. The van der Waals surface area contributed by atoms with Crippen LogP contribution in [0.2, 0.25) is 5.02 Å². The molecule has 0 bridgehead atoms. The monoisotopic (exact) mass is 195 g/mol. The van der Waals surface area contributed by atoms with Crippen LogP contribution in [0.5, 0.6) is 5.88 Å². The molecule has 0 aromatic carbocycles.